The Bertz CT molecular complexity index is 1150. The van der Waals surface area contributed by atoms with E-state index in [1.54, 1.807) is 22.8 Å². The van der Waals surface area contributed by atoms with Crippen LogP contribution in [0, 0.1) is 0 Å². The van der Waals surface area contributed by atoms with Gasteiger partial charge in [0.05, 0.1) is 11.7 Å². The molecule has 1 atom stereocenters. The molecular formula is C19H19Cl2N5O3. The van der Waals surface area contributed by atoms with Gasteiger partial charge < -0.3 is 20.4 Å². The maximum absolute atomic E-state index is 12.9. The van der Waals surface area contributed by atoms with Crippen molar-refractivity contribution >= 4 is 51.5 Å². The fourth-order valence-corrected chi connectivity index (χ4v) is 3.09. The SMILES string of the molecule is CC(Oc1cc2cc(Nc3nc(Cl)ncc3Cl)ccc2n(C(C)C)c1=O)C(N)=O. The number of benzene rings is 1. The van der Waals surface area contributed by atoms with Crippen molar-refractivity contribution in [3.63, 3.8) is 0 Å². The number of ether oxygens (including phenoxy) is 1. The molecule has 8 nitrogen and oxygen atoms in total. The van der Waals surface area contributed by atoms with Crippen LogP contribution in [0.25, 0.3) is 10.9 Å². The molecule has 0 bridgehead atoms. The number of nitrogens with zero attached hydrogens (tertiary/aromatic N) is 3. The lowest BCUT2D eigenvalue weighted by Crippen LogP contribution is -2.33. The lowest BCUT2D eigenvalue weighted by Gasteiger charge is -2.18. The van der Waals surface area contributed by atoms with Gasteiger partial charge in [-0.25, -0.2) is 4.98 Å². The average molecular weight is 436 g/mol. The molecule has 1 aromatic carbocycles. The summed E-state index contributed by atoms with van der Waals surface area (Å²) in [4.78, 5) is 32.1. The maximum Gasteiger partial charge on any atom is 0.293 e. The number of nitrogens with one attached hydrogen (secondary N) is 1. The van der Waals surface area contributed by atoms with E-state index < -0.39 is 12.0 Å². The quantitative estimate of drug-likeness (QED) is 0.571. The van der Waals surface area contributed by atoms with Crippen LogP contribution in [-0.4, -0.2) is 26.5 Å². The van der Waals surface area contributed by atoms with Crippen molar-refractivity contribution in [2.24, 2.45) is 5.73 Å². The van der Waals surface area contributed by atoms with Crippen molar-refractivity contribution in [2.75, 3.05) is 5.32 Å². The molecule has 0 saturated heterocycles. The van der Waals surface area contributed by atoms with E-state index in [4.69, 9.17) is 33.7 Å². The summed E-state index contributed by atoms with van der Waals surface area (Å²) in [6.45, 7) is 5.26. The molecule has 0 spiro atoms. The number of amides is 1. The maximum atomic E-state index is 12.9. The number of pyridine rings is 1. The number of hydrogen-bond donors (Lipinski definition) is 2. The first-order chi connectivity index (χ1) is 13.7. The number of fused-ring (bicyclic) bond motifs is 1. The molecule has 29 heavy (non-hydrogen) atoms. The molecule has 1 amide bonds. The van der Waals surface area contributed by atoms with Crippen LogP contribution < -0.4 is 21.3 Å². The number of carbonyl (C=O) groups is 1. The third kappa shape index (κ3) is 4.44. The Morgan fingerprint density at radius 1 is 1.24 bits per heavy atom. The first-order valence-corrected chi connectivity index (χ1v) is 9.53. The predicted octanol–water partition coefficient (Wildman–Crippen LogP) is 3.68. The number of primary amides is 1. The van der Waals surface area contributed by atoms with Gasteiger partial charge in [-0.1, -0.05) is 11.6 Å². The zero-order valence-electron chi connectivity index (χ0n) is 15.9. The van der Waals surface area contributed by atoms with Crippen molar-refractivity contribution in [3.05, 3.63) is 51.1 Å². The molecule has 0 aliphatic rings. The van der Waals surface area contributed by atoms with Gasteiger partial charge in [-0.15, -0.1) is 0 Å². The first-order valence-electron chi connectivity index (χ1n) is 8.77. The molecule has 0 aliphatic heterocycles. The van der Waals surface area contributed by atoms with Gasteiger partial charge in [0.15, 0.2) is 17.7 Å². The van der Waals surface area contributed by atoms with E-state index in [9.17, 15) is 9.59 Å². The van der Waals surface area contributed by atoms with E-state index in [1.165, 1.54) is 13.1 Å². The number of hydrogen-bond acceptors (Lipinski definition) is 6. The van der Waals surface area contributed by atoms with Crippen LogP contribution in [0.4, 0.5) is 11.5 Å². The molecule has 2 aromatic heterocycles. The van der Waals surface area contributed by atoms with Gasteiger partial charge in [-0.3, -0.25) is 9.59 Å². The Balaban J connectivity index is 2.11. The van der Waals surface area contributed by atoms with E-state index in [0.29, 0.717) is 27.4 Å². The fourth-order valence-electron chi connectivity index (χ4n) is 2.81. The van der Waals surface area contributed by atoms with Crippen molar-refractivity contribution < 1.29 is 9.53 Å². The summed E-state index contributed by atoms with van der Waals surface area (Å²) in [6.07, 6.45) is 0.456. The Kier molecular flexibility index (Phi) is 5.95. The number of halogens is 2. The monoisotopic (exact) mass is 435 g/mol. The molecule has 2 heterocycles. The van der Waals surface area contributed by atoms with Crippen LogP contribution >= 0.6 is 23.2 Å². The lowest BCUT2D eigenvalue weighted by molar-refractivity contribution is -0.124. The van der Waals surface area contributed by atoms with Crippen molar-refractivity contribution in [1.29, 1.82) is 0 Å². The van der Waals surface area contributed by atoms with Crippen molar-refractivity contribution in [2.45, 2.75) is 32.9 Å². The molecule has 3 N–H and O–H groups in total. The van der Waals surface area contributed by atoms with Gasteiger partial charge in [0.2, 0.25) is 5.28 Å². The molecule has 0 radical (unpaired) electrons. The minimum atomic E-state index is -0.941. The van der Waals surface area contributed by atoms with E-state index >= 15 is 0 Å². The molecule has 1 unspecified atom stereocenters. The summed E-state index contributed by atoms with van der Waals surface area (Å²) in [7, 11) is 0. The van der Waals surface area contributed by atoms with Crippen LogP contribution in [0.3, 0.4) is 0 Å². The minimum absolute atomic E-state index is 0.0396. The summed E-state index contributed by atoms with van der Waals surface area (Å²) in [5.74, 6) is -0.272. The topological polar surface area (TPSA) is 112 Å². The summed E-state index contributed by atoms with van der Waals surface area (Å²) in [5.41, 5.74) is 6.30. The predicted molar refractivity (Wildman–Crippen MR) is 113 cm³/mol. The standard InChI is InChI=1S/C19H19Cl2N5O3/c1-9(2)26-14-5-4-12(24-17-13(20)8-23-19(21)25-17)6-11(14)7-15(18(26)28)29-10(3)16(22)27/h4-10H,1-3H3,(H2,22,27)(H,23,24,25). The third-order valence-corrected chi connectivity index (χ3v) is 4.66. The molecule has 0 fully saturated rings. The number of carbonyl (C=O) groups excluding carboxylic acids is 1. The summed E-state index contributed by atoms with van der Waals surface area (Å²) >= 11 is 11.9. The van der Waals surface area contributed by atoms with Crippen LogP contribution in [-0.2, 0) is 4.79 Å². The average Bonchev–Trinajstić information content (AvgIpc) is 2.65. The Morgan fingerprint density at radius 2 is 1.97 bits per heavy atom. The van der Waals surface area contributed by atoms with Crippen LogP contribution in [0.1, 0.15) is 26.8 Å². The molecule has 0 aliphatic carbocycles. The fraction of sp³-hybridized carbons (Fsp3) is 0.263. The molecule has 3 aromatic rings. The highest BCUT2D eigenvalue weighted by atomic mass is 35.5. The molecule has 0 saturated carbocycles. The van der Waals surface area contributed by atoms with Crippen LogP contribution in [0.5, 0.6) is 5.75 Å². The van der Waals surface area contributed by atoms with Gasteiger partial charge in [-0.2, -0.15) is 4.98 Å². The lowest BCUT2D eigenvalue weighted by atomic mass is 10.1. The highest BCUT2D eigenvalue weighted by molar-refractivity contribution is 6.33. The largest absolute Gasteiger partial charge is 0.475 e. The van der Waals surface area contributed by atoms with Gasteiger partial charge in [0, 0.05) is 17.1 Å². The third-order valence-electron chi connectivity index (χ3n) is 4.20. The summed E-state index contributed by atoms with van der Waals surface area (Å²) < 4.78 is 7.10. The van der Waals surface area contributed by atoms with Crippen molar-refractivity contribution in [3.8, 4) is 5.75 Å². The second kappa shape index (κ2) is 8.26. The Morgan fingerprint density at radius 3 is 2.62 bits per heavy atom. The normalized spacial score (nSPS) is 12.2. The Hall–Kier alpha value is -2.84. The van der Waals surface area contributed by atoms with Crippen LogP contribution in [0.15, 0.2) is 35.3 Å². The Labute approximate surface area is 176 Å². The highest BCUT2D eigenvalue weighted by Gasteiger charge is 2.18. The molecule has 152 valence electrons. The van der Waals surface area contributed by atoms with Crippen LogP contribution in [0.2, 0.25) is 10.3 Å². The van der Waals surface area contributed by atoms with Gasteiger partial charge >= 0.3 is 0 Å². The number of rotatable bonds is 6. The number of aromatic nitrogens is 3. The van der Waals surface area contributed by atoms with E-state index in [1.807, 2.05) is 19.9 Å². The zero-order valence-corrected chi connectivity index (χ0v) is 17.5. The second-order valence-electron chi connectivity index (χ2n) is 6.67. The summed E-state index contributed by atoms with van der Waals surface area (Å²) in [5, 5.41) is 4.16. The smallest absolute Gasteiger partial charge is 0.293 e. The van der Waals surface area contributed by atoms with Crippen molar-refractivity contribution in [1.82, 2.24) is 14.5 Å². The van der Waals surface area contributed by atoms with E-state index in [-0.39, 0.29) is 22.6 Å². The van der Waals surface area contributed by atoms with E-state index in [2.05, 4.69) is 15.3 Å². The van der Waals surface area contributed by atoms with Gasteiger partial charge in [-0.05, 0) is 56.6 Å². The number of anilines is 2. The first kappa shape index (κ1) is 20.9. The molecule has 3 rings (SSSR count). The van der Waals surface area contributed by atoms with E-state index in [0.717, 1.165) is 0 Å². The van der Waals surface area contributed by atoms with Gasteiger partial charge in [0.25, 0.3) is 11.5 Å². The summed E-state index contributed by atoms with van der Waals surface area (Å²) in [6, 6.07) is 6.85. The minimum Gasteiger partial charge on any atom is -0.475 e. The molecule has 10 heteroatoms. The second-order valence-corrected chi connectivity index (χ2v) is 7.42. The molecular weight excluding hydrogens is 417 g/mol. The number of nitrogens with two attached hydrogens (primary N) is 1. The zero-order chi connectivity index (χ0) is 21.3. The van der Waals surface area contributed by atoms with Gasteiger partial charge in [0.1, 0.15) is 5.02 Å². The highest BCUT2D eigenvalue weighted by Crippen LogP contribution is 2.28.